The van der Waals surface area contributed by atoms with Gasteiger partial charge < -0.3 is 15.2 Å². The van der Waals surface area contributed by atoms with E-state index in [9.17, 15) is 9.90 Å². The second-order valence-corrected chi connectivity index (χ2v) is 5.69. The van der Waals surface area contributed by atoms with Gasteiger partial charge in [-0.1, -0.05) is 29.8 Å². The number of hydrogen-bond donors (Lipinski definition) is 2. The van der Waals surface area contributed by atoms with Crippen LogP contribution in [-0.4, -0.2) is 24.2 Å². The molecule has 3 rings (SSSR count). The van der Waals surface area contributed by atoms with Crippen molar-refractivity contribution in [3.63, 3.8) is 0 Å². The van der Waals surface area contributed by atoms with Crippen LogP contribution in [0.1, 0.15) is 17.0 Å². The second-order valence-electron chi connectivity index (χ2n) is 5.28. The number of methoxy groups -OCH3 is 1. The molecule has 0 saturated carbocycles. The van der Waals surface area contributed by atoms with Gasteiger partial charge in [-0.3, -0.25) is 4.79 Å². The van der Waals surface area contributed by atoms with Crippen LogP contribution in [0.15, 0.2) is 42.5 Å². The lowest BCUT2D eigenvalue weighted by Crippen LogP contribution is -2.31. The van der Waals surface area contributed by atoms with Gasteiger partial charge in [0, 0.05) is 16.6 Å². The zero-order valence-corrected chi connectivity index (χ0v) is 12.8. The number of anilines is 1. The highest BCUT2D eigenvalue weighted by Crippen LogP contribution is 2.35. The van der Waals surface area contributed by atoms with Gasteiger partial charge in [0.25, 0.3) is 5.91 Å². The highest BCUT2D eigenvalue weighted by atomic mass is 35.5. The number of aliphatic hydroxyl groups excluding tert-OH is 1. The summed E-state index contributed by atoms with van der Waals surface area (Å²) in [5, 5.41) is 13.7. The van der Waals surface area contributed by atoms with Gasteiger partial charge >= 0.3 is 0 Å². The van der Waals surface area contributed by atoms with Gasteiger partial charge in [0.15, 0.2) is 0 Å². The van der Waals surface area contributed by atoms with Crippen molar-refractivity contribution in [1.82, 2.24) is 0 Å². The van der Waals surface area contributed by atoms with Crippen molar-refractivity contribution in [2.45, 2.75) is 18.4 Å². The summed E-state index contributed by atoms with van der Waals surface area (Å²) in [7, 11) is 1.60. The van der Waals surface area contributed by atoms with E-state index in [0.717, 1.165) is 16.9 Å². The molecule has 5 heteroatoms. The summed E-state index contributed by atoms with van der Waals surface area (Å²) in [6, 6.07) is 12.7. The van der Waals surface area contributed by atoms with Crippen molar-refractivity contribution in [2.24, 2.45) is 0 Å². The quantitative estimate of drug-likeness (QED) is 0.895. The van der Waals surface area contributed by atoms with E-state index >= 15 is 0 Å². The van der Waals surface area contributed by atoms with E-state index in [1.54, 1.807) is 25.3 Å². The SMILES string of the molecule is COc1ccc([C@@H]2Cc3c(Cl)cccc3NC(=O)[C@@H]2O)cc1. The number of halogens is 1. The van der Waals surface area contributed by atoms with E-state index < -0.39 is 12.0 Å². The molecule has 0 bridgehead atoms. The number of carbonyl (C=O) groups excluding carboxylic acids is 1. The molecular formula is C17H16ClNO3. The Bertz CT molecular complexity index is 700. The zero-order valence-electron chi connectivity index (χ0n) is 12.0. The fourth-order valence-electron chi connectivity index (χ4n) is 2.76. The Balaban J connectivity index is 2.02. The predicted octanol–water partition coefficient (Wildman–Crippen LogP) is 2.99. The Morgan fingerprint density at radius 3 is 2.64 bits per heavy atom. The maximum absolute atomic E-state index is 12.2. The Morgan fingerprint density at radius 1 is 1.23 bits per heavy atom. The Hall–Kier alpha value is -2.04. The molecule has 2 aromatic rings. The van der Waals surface area contributed by atoms with Gasteiger partial charge in [-0.15, -0.1) is 0 Å². The van der Waals surface area contributed by atoms with Gasteiger partial charge in [0.2, 0.25) is 0 Å². The first kappa shape index (κ1) is 14.9. The number of amides is 1. The minimum absolute atomic E-state index is 0.355. The van der Waals surface area contributed by atoms with Gasteiger partial charge in [0.1, 0.15) is 11.9 Å². The zero-order chi connectivity index (χ0) is 15.7. The average molecular weight is 318 g/mol. The van der Waals surface area contributed by atoms with E-state index in [1.807, 2.05) is 24.3 Å². The van der Waals surface area contributed by atoms with Crippen molar-refractivity contribution in [1.29, 1.82) is 0 Å². The number of fused-ring (bicyclic) bond motifs is 1. The van der Waals surface area contributed by atoms with Crippen LogP contribution in [-0.2, 0) is 11.2 Å². The normalized spacial score (nSPS) is 20.8. The van der Waals surface area contributed by atoms with Crippen molar-refractivity contribution < 1.29 is 14.6 Å². The summed E-state index contributed by atoms with van der Waals surface area (Å²) in [6.45, 7) is 0. The van der Waals surface area contributed by atoms with E-state index in [1.165, 1.54) is 0 Å². The fourth-order valence-corrected chi connectivity index (χ4v) is 3.01. The summed E-state index contributed by atoms with van der Waals surface area (Å²) in [4.78, 5) is 12.2. The number of benzene rings is 2. The van der Waals surface area contributed by atoms with Crippen molar-refractivity contribution >= 4 is 23.2 Å². The molecule has 0 spiro atoms. The Labute approximate surface area is 133 Å². The van der Waals surface area contributed by atoms with Crippen LogP contribution in [0.2, 0.25) is 5.02 Å². The summed E-state index contributed by atoms with van der Waals surface area (Å²) >= 11 is 6.26. The Morgan fingerprint density at radius 2 is 1.95 bits per heavy atom. The molecule has 0 aliphatic carbocycles. The molecule has 0 aromatic heterocycles. The first-order valence-electron chi connectivity index (χ1n) is 7.00. The third kappa shape index (κ3) is 2.67. The van der Waals surface area contributed by atoms with E-state index in [-0.39, 0.29) is 5.92 Å². The van der Waals surface area contributed by atoms with Crippen LogP contribution in [0.3, 0.4) is 0 Å². The fraction of sp³-hybridized carbons (Fsp3) is 0.235. The largest absolute Gasteiger partial charge is 0.497 e. The molecule has 1 heterocycles. The molecule has 0 unspecified atom stereocenters. The maximum atomic E-state index is 12.2. The number of nitrogens with one attached hydrogen (secondary N) is 1. The average Bonchev–Trinajstić information content (AvgIpc) is 2.66. The van der Waals surface area contributed by atoms with Gasteiger partial charge in [-0.25, -0.2) is 0 Å². The van der Waals surface area contributed by atoms with Gasteiger partial charge in [-0.2, -0.15) is 0 Å². The molecule has 2 aromatic carbocycles. The molecule has 2 N–H and O–H groups in total. The highest BCUT2D eigenvalue weighted by Gasteiger charge is 2.32. The monoisotopic (exact) mass is 317 g/mol. The number of aliphatic hydroxyl groups is 1. The summed E-state index contributed by atoms with van der Waals surface area (Å²) in [6.07, 6.45) is -0.641. The minimum atomic E-state index is -1.13. The minimum Gasteiger partial charge on any atom is -0.497 e. The topological polar surface area (TPSA) is 58.6 Å². The van der Waals surface area contributed by atoms with Crippen LogP contribution >= 0.6 is 11.6 Å². The molecule has 1 aliphatic heterocycles. The van der Waals surface area contributed by atoms with Crippen LogP contribution < -0.4 is 10.1 Å². The first-order valence-corrected chi connectivity index (χ1v) is 7.38. The lowest BCUT2D eigenvalue weighted by atomic mass is 9.88. The molecule has 1 amide bonds. The lowest BCUT2D eigenvalue weighted by molar-refractivity contribution is -0.124. The van der Waals surface area contributed by atoms with Gasteiger partial charge in [0.05, 0.1) is 7.11 Å². The van der Waals surface area contributed by atoms with E-state index in [2.05, 4.69) is 5.32 Å². The third-order valence-electron chi connectivity index (χ3n) is 3.99. The van der Waals surface area contributed by atoms with Crippen LogP contribution in [0.5, 0.6) is 5.75 Å². The Kier molecular flexibility index (Phi) is 4.05. The van der Waals surface area contributed by atoms with Crippen LogP contribution in [0.4, 0.5) is 5.69 Å². The molecule has 22 heavy (non-hydrogen) atoms. The smallest absolute Gasteiger partial charge is 0.253 e. The molecule has 4 nitrogen and oxygen atoms in total. The number of rotatable bonds is 2. The van der Waals surface area contributed by atoms with Crippen LogP contribution in [0.25, 0.3) is 0 Å². The van der Waals surface area contributed by atoms with Crippen molar-refractivity contribution in [2.75, 3.05) is 12.4 Å². The van der Waals surface area contributed by atoms with Crippen LogP contribution in [0, 0.1) is 0 Å². The predicted molar refractivity (Wildman–Crippen MR) is 85.5 cm³/mol. The summed E-state index contributed by atoms with van der Waals surface area (Å²) in [5.74, 6) is -0.0383. The van der Waals surface area contributed by atoms with E-state index in [0.29, 0.717) is 17.1 Å². The molecule has 0 radical (unpaired) electrons. The first-order chi connectivity index (χ1) is 10.6. The van der Waals surface area contributed by atoms with Gasteiger partial charge in [-0.05, 0) is 41.8 Å². The molecule has 2 atom stereocenters. The number of carbonyl (C=O) groups is 1. The highest BCUT2D eigenvalue weighted by molar-refractivity contribution is 6.32. The van der Waals surface area contributed by atoms with Crippen molar-refractivity contribution in [3.8, 4) is 5.75 Å². The molecular weight excluding hydrogens is 302 g/mol. The molecule has 114 valence electrons. The summed E-state index contributed by atoms with van der Waals surface area (Å²) < 4.78 is 5.14. The second kappa shape index (κ2) is 5.99. The standard InChI is InChI=1S/C17H16ClNO3/c1-22-11-7-5-10(6-8-11)12-9-13-14(18)3-2-4-15(13)19-17(21)16(12)20/h2-8,12,16,20H,9H2,1H3,(H,19,21)/t12-,16+/m0/s1. The van der Waals surface area contributed by atoms with Crippen molar-refractivity contribution in [3.05, 3.63) is 58.6 Å². The lowest BCUT2D eigenvalue weighted by Gasteiger charge is -2.20. The number of ether oxygens (including phenoxy) is 1. The summed E-state index contributed by atoms with van der Waals surface area (Å²) in [5.41, 5.74) is 2.37. The third-order valence-corrected chi connectivity index (χ3v) is 4.35. The maximum Gasteiger partial charge on any atom is 0.253 e. The number of hydrogen-bond acceptors (Lipinski definition) is 3. The molecule has 0 fully saturated rings. The van der Waals surface area contributed by atoms with E-state index in [4.69, 9.17) is 16.3 Å². The molecule has 1 aliphatic rings. The molecule has 0 saturated heterocycles.